The Morgan fingerprint density at radius 2 is 2.16 bits per heavy atom. The van der Waals surface area contributed by atoms with Crippen molar-refractivity contribution in [3.63, 3.8) is 0 Å². The lowest BCUT2D eigenvalue weighted by Crippen LogP contribution is -2.39. The fourth-order valence-corrected chi connectivity index (χ4v) is 2.73. The number of ether oxygens (including phenoxy) is 1. The average Bonchev–Trinajstić information content (AvgIpc) is 3.07. The van der Waals surface area contributed by atoms with Crippen molar-refractivity contribution in [2.45, 2.75) is 51.3 Å². The van der Waals surface area contributed by atoms with Crippen LogP contribution < -0.4 is 10.6 Å². The molecule has 0 saturated carbocycles. The highest BCUT2D eigenvalue weighted by Gasteiger charge is 2.26. The SMILES string of the molecule is C=C/C=C\C(=C)CC(NC=O)C(=O)O.COC(C(C)C)C1CCCN1. The number of methoxy groups -OCH3 is 1. The van der Waals surface area contributed by atoms with E-state index in [-0.39, 0.29) is 6.42 Å². The van der Waals surface area contributed by atoms with E-state index in [0.29, 0.717) is 30.0 Å². The maximum absolute atomic E-state index is 10.6. The standard InChI is InChI=1S/C10H13NO3.C9H19NO/c1-3-4-5-8(2)6-9(10(13)14)11-7-12;1-7(2)9(11-3)8-5-4-6-10-8/h3-5,7,9H,1-2,6H2,(H,11,12)(H,13,14);7-10H,4-6H2,1-3H3/b5-4-;. The van der Waals surface area contributed by atoms with Crippen LogP contribution in [0.25, 0.3) is 0 Å². The van der Waals surface area contributed by atoms with Crippen LogP contribution in [0.2, 0.25) is 0 Å². The molecule has 6 nitrogen and oxygen atoms in total. The van der Waals surface area contributed by atoms with Crippen molar-refractivity contribution in [3.05, 3.63) is 37.0 Å². The Hall–Kier alpha value is -1.92. The van der Waals surface area contributed by atoms with Crippen LogP contribution in [0.1, 0.15) is 33.1 Å². The van der Waals surface area contributed by atoms with Crippen molar-refractivity contribution in [2.24, 2.45) is 5.92 Å². The molecule has 0 radical (unpaired) electrons. The lowest BCUT2D eigenvalue weighted by atomic mass is 9.98. The highest BCUT2D eigenvalue weighted by atomic mass is 16.5. The Balaban J connectivity index is 0.000000472. The second kappa shape index (κ2) is 13.4. The number of rotatable bonds is 10. The van der Waals surface area contributed by atoms with Gasteiger partial charge in [-0.2, -0.15) is 0 Å². The van der Waals surface area contributed by atoms with E-state index in [1.807, 2.05) is 7.11 Å². The van der Waals surface area contributed by atoms with Crippen LogP contribution in [0.15, 0.2) is 37.0 Å². The topological polar surface area (TPSA) is 87.7 Å². The minimum atomic E-state index is -1.08. The Labute approximate surface area is 151 Å². The van der Waals surface area contributed by atoms with E-state index in [4.69, 9.17) is 9.84 Å². The van der Waals surface area contributed by atoms with E-state index < -0.39 is 12.0 Å². The third-order valence-electron chi connectivity index (χ3n) is 3.93. The van der Waals surface area contributed by atoms with Crippen molar-refractivity contribution in [1.82, 2.24) is 10.6 Å². The summed E-state index contributed by atoms with van der Waals surface area (Å²) in [6.07, 6.45) is 8.39. The number of hydrogen-bond donors (Lipinski definition) is 3. The third kappa shape index (κ3) is 9.84. The van der Waals surface area contributed by atoms with Gasteiger partial charge >= 0.3 is 5.97 Å². The molecule has 0 aliphatic carbocycles. The maximum atomic E-state index is 10.6. The van der Waals surface area contributed by atoms with Gasteiger partial charge in [-0.15, -0.1) is 0 Å². The largest absolute Gasteiger partial charge is 0.480 e. The van der Waals surface area contributed by atoms with E-state index in [1.54, 1.807) is 18.2 Å². The van der Waals surface area contributed by atoms with E-state index in [9.17, 15) is 9.59 Å². The van der Waals surface area contributed by atoms with E-state index in [1.165, 1.54) is 12.8 Å². The zero-order valence-corrected chi connectivity index (χ0v) is 15.5. The zero-order chi connectivity index (χ0) is 19.2. The summed E-state index contributed by atoms with van der Waals surface area (Å²) >= 11 is 0. The molecule has 0 aromatic rings. The minimum absolute atomic E-state index is 0.179. The molecule has 6 heteroatoms. The molecule has 0 bridgehead atoms. The summed E-state index contributed by atoms with van der Waals surface area (Å²) in [4.78, 5) is 20.7. The van der Waals surface area contributed by atoms with Crippen LogP contribution in [-0.2, 0) is 14.3 Å². The first-order chi connectivity index (χ1) is 11.9. The first-order valence-electron chi connectivity index (χ1n) is 8.52. The quantitative estimate of drug-likeness (QED) is 0.415. The molecule has 3 N–H and O–H groups in total. The second-order valence-corrected chi connectivity index (χ2v) is 6.28. The highest BCUT2D eigenvalue weighted by molar-refractivity contribution is 5.76. The fourth-order valence-electron chi connectivity index (χ4n) is 2.73. The molecule has 0 aromatic carbocycles. The van der Waals surface area contributed by atoms with Crippen molar-refractivity contribution >= 4 is 12.4 Å². The van der Waals surface area contributed by atoms with E-state index in [2.05, 4.69) is 37.6 Å². The zero-order valence-electron chi connectivity index (χ0n) is 15.5. The van der Waals surface area contributed by atoms with Crippen LogP contribution in [-0.4, -0.2) is 49.3 Å². The van der Waals surface area contributed by atoms with Crippen LogP contribution in [0, 0.1) is 5.92 Å². The Bertz CT molecular complexity index is 454. The molecule has 0 spiro atoms. The molecule has 1 saturated heterocycles. The number of carboxylic acids is 1. The van der Waals surface area contributed by atoms with E-state index >= 15 is 0 Å². The minimum Gasteiger partial charge on any atom is -0.480 e. The van der Waals surface area contributed by atoms with Gasteiger partial charge in [-0.1, -0.05) is 50.8 Å². The van der Waals surface area contributed by atoms with E-state index in [0.717, 1.165) is 6.54 Å². The third-order valence-corrected chi connectivity index (χ3v) is 3.93. The number of aliphatic carboxylic acids is 1. The fraction of sp³-hybridized carbons (Fsp3) is 0.579. The predicted octanol–water partition coefficient (Wildman–Crippen LogP) is 2.28. The van der Waals surface area contributed by atoms with Crippen LogP contribution in [0.5, 0.6) is 0 Å². The molecule has 1 heterocycles. The van der Waals surface area contributed by atoms with Gasteiger partial charge in [0.15, 0.2) is 0 Å². The summed E-state index contributed by atoms with van der Waals surface area (Å²) in [6.45, 7) is 12.7. The maximum Gasteiger partial charge on any atom is 0.326 e. The molecule has 1 fully saturated rings. The van der Waals surface area contributed by atoms with Gasteiger partial charge in [0.2, 0.25) is 6.41 Å². The molecule has 1 aliphatic heterocycles. The number of nitrogens with one attached hydrogen (secondary N) is 2. The number of allylic oxidation sites excluding steroid dienone is 3. The molecule has 142 valence electrons. The average molecular weight is 352 g/mol. The first kappa shape index (κ1) is 23.1. The molecule has 1 aliphatic rings. The number of hydrogen-bond acceptors (Lipinski definition) is 4. The Morgan fingerprint density at radius 3 is 2.56 bits per heavy atom. The van der Waals surface area contributed by atoms with Crippen LogP contribution in [0.3, 0.4) is 0 Å². The van der Waals surface area contributed by atoms with Crippen LogP contribution >= 0.6 is 0 Å². The normalized spacial score (nSPS) is 19.0. The second-order valence-electron chi connectivity index (χ2n) is 6.28. The highest BCUT2D eigenvalue weighted by Crippen LogP contribution is 2.17. The molecule has 25 heavy (non-hydrogen) atoms. The van der Waals surface area contributed by atoms with Gasteiger partial charge < -0.3 is 20.5 Å². The van der Waals surface area contributed by atoms with Gasteiger partial charge in [-0.05, 0) is 25.3 Å². The predicted molar refractivity (Wildman–Crippen MR) is 100 cm³/mol. The number of carbonyl (C=O) groups is 2. The van der Waals surface area contributed by atoms with Crippen LogP contribution in [0.4, 0.5) is 0 Å². The molecule has 3 unspecified atom stereocenters. The lowest BCUT2D eigenvalue weighted by Gasteiger charge is -2.25. The van der Waals surface area contributed by atoms with Gasteiger partial charge in [-0.3, -0.25) is 4.79 Å². The summed E-state index contributed by atoms with van der Waals surface area (Å²) in [5.41, 5.74) is 0.617. The number of carboxylic acid groups (broad SMARTS) is 1. The molecule has 1 amide bonds. The lowest BCUT2D eigenvalue weighted by molar-refractivity contribution is -0.140. The molecule has 1 rings (SSSR count). The summed E-state index contributed by atoms with van der Waals surface area (Å²) in [5, 5.41) is 14.3. The monoisotopic (exact) mass is 352 g/mol. The van der Waals surface area contributed by atoms with Gasteiger partial charge in [0.25, 0.3) is 0 Å². The van der Waals surface area contributed by atoms with Gasteiger partial charge in [0.1, 0.15) is 6.04 Å². The summed E-state index contributed by atoms with van der Waals surface area (Å²) < 4.78 is 5.43. The van der Waals surface area contributed by atoms with Crippen molar-refractivity contribution in [2.75, 3.05) is 13.7 Å². The molecular formula is C19H32N2O4. The Kier molecular flexibility index (Phi) is 12.4. The summed E-state index contributed by atoms with van der Waals surface area (Å²) in [5.74, 6) is -0.458. The molecule has 0 aromatic heterocycles. The van der Waals surface area contributed by atoms with Gasteiger partial charge in [0.05, 0.1) is 6.10 Å². The molecular weight excluding hydrogens is 320 g/mol. The van der Waals surface area contributed by atoms with Crippen molar-refractivity contribution < 1.29 is 19.4 Å². The number of carbonyl (C=O) groups excluding carboxylic acids is 1. The van der Waals surface area contributed by atoms with Gasteiger partial charge in [-0.25, -0.2) is 4.79 Å². The summed E-state index contributed by atoms with van der Waals surface area (Å²) in [7, 11) is 1.81. The van der Waals surface area contributed by atoms with Gasteiger partial charge in [0, 0.05) is 19.6 Å². The van der Waals surface area contributed by atoms with Crippen molar-refractivity contribution in [1.29, 1.82) is 0 Å². The first-order valence-corrected chi connectivity index (χ1v) is 8.52. The number of amides is 1. The summed E-state index contributed by atoms with van der Waals surface area (Å²) in [6, 6.07) is -0.325. The Morgan fingerprint density at radius 1 is 1.48 bits per heavy atom. The molecule has 3 atom stereocenters. The van der Waals surface area contributed by atoms with Crippen molar-refractivity contribution in [3.8, 4) is 0 Å². The smallest absolute Gasteiger partial charge is 0.326 e.